The van der Waals surface area contributed by atoms with Crippen molar-refractivity contribution in [2.75, 3.05) is 6.54 Å². The first kappa shape index (κ1) is 18.2. The zero-order valence-corrected chi connectivity index (χ0v) is 17.0. The van der Waals surface area contributed by atoms with Gasteiger partial charge in [0.05, 0.1) is 11.0 Å². The van der Waals surface area contributed by atoms with Crippen LogP contribution in [0.25, 0.3) is 21.0 Å². The maximum absolute atomic E-state index is 5.74. The third-order valence-corrected chi connectivity index (χ3v) is 6.07. The zero-order valence-electron chi connectivity index (χ0n) is 16.2. The minimum atomic E-state index is 0.189. The van der Waals surface area contributed by atoms with Gasteiger partial charge in [-0.2, -0.15) is 0 Å². The van der Waals surface area contributed by atoms with Crippen LogP contribution in [0.3, 0.4) is 0 Å². The van der Waals surface area contributed by atoms with Crippen LogP contribution >= 0.6 is 11.3 Å². The van der Waals surface area contributed by atoms with E-state index in [2.05, 4.69) is 36.5 Å². The molecule has 1 aliphatic heterocycles. The second kappa shape index (κ2) is 7.83. The highest BCUT2D eigenvalue weighted by Gasteiger charge is 2.17. The first-order valence-electron chi connectivity index (χ1n) is 9.73. The molecule has 4 heteroatoms. The van der Waals surface area contributed by atoms with Gasteiger partial charge in [-0.25, -0.2) is 4.98 Å². The van der Waals surface area contributed by atoms with E-state index in [1.165, 1.54) is 21.6 Å². The Morgan fingerprint density at radius 1 is 1.15 bits per heavy atom. The minimum absolute atomic E-state index is 0.189. The summed E-state index contributed by atoms with van der Waals surface area (Å²) in [7, 11) is 0. The van der Waals surface area contributed by atoms with Crippen molar-refractivity contribution in [2.24, 2.45) is 0 Å². The van der Waals surface area contributed by atoms with Crippen LogP contribution in [0.4, 0.5) is 0 Å². The van der Waals surface area contributed by atoms with Crippen LogP contribution < -0.4 is 10.1 Å². The van der Waals surface area contributed by atoms with Gasteiger partial charge in [-0.3, -0.25) is 0 Å². The Morgan fingerprint density at radius 3 is 2.70 bits per heavy atom. The third kappa shape index (κ3) is 3.78. The van der Waals surface area contributed by atoms with E-state index in [4.69, 9.17) is 9.72 Å². The van der Waals surface area contributed by atoms with Crippen molar-refractivity contribution in [3.63, 3.8) is 0 Å². The second-order valence-corrected chi connectivity index (χ2v) is 8.26. The van der Waals surface area contributed by atoms with E-state index in [1.807, 2.05) is 32.2 Å². The molecule has 0 saturated heterocycles. The molecule has 0 amide bonds. The Kier molecular flexibility index (Phi) is 5.28. The van der Waals surface area contributed by atoms with Crippen LogP contribution in [0.2, 0.25) is 0 Å². The Morgan fingerprint density at radius 2 is 1.96 bits per heavy atom. The molecular weight excluding hydrogens is 352 g/mol. The monoisotopic (exact) mass is 378 g/mol. The van der Waals surface area contributed by atoms with Gasteiger partial charge >= 0.3 is 0 Å². The molecule has 0 bridgehead atoms. The molecule has 3 aromatic rings. The molecule has 0 aliphatic carbocycles. The zero-order chi connectivity index (χ0) is 18.8. The van der Waals surface area contributed by atoms with Gasteiger partial charge in [0, 0.05) is 18.3 Å². The van der Waals surface area contributed by atoms with Gasteiger partial charge in [0.2, 0.25) is 0 Å². The normalized spacial score (nSPS) is 13.6. The van der Waals surface area contributed by atoms with Gasteiger partial charge in [-0.15, -0.1) is 11.3 Å². The number of nitrogens with one attached hydrogen (secondary N) is 1. The summed E-state index contributed by atoms with van der Waals surface area (Å²) in [4.78, 5) is 5.96. The van der Waals surface area contributed by atoms with Crippen molar-refractivity contribution >= 4 is 11.3 Å². The van der Waals surface area contributed by atoms with Gasteiger partial charge in [0.1, 0.15) is 10.8 Å². The summed E-state index contributed by atoms with van der Waals surface area (Å²) in [5.74, 6) is 0.905. The van der Waals surface area contributed by atoms with E-state index >= 15 is 0 Å². The number of thiazole rings is 1. The van der Waals surface area contributed by atoms with Crippen LogP contribution in [-0.4, -0.2) is 17.6 Å². The average molecular weight is 379 g/mol. The van der Waals surface area contributed by atoms with Crippen molar-refractivity contribution in [2.45, 2.75) is 46.3 Å². The molecule has 140 valence electrons. The Balaban J connectivity index is 1.65. The number of ether oxygens (including phenoxy) is 1. The first-order valence-corrected chi connectivity index (χ1v) is 10.5. The molecule has 27 heavy (non-hydrogen) atoms. The summed E-state index contributed by atoms with van der Waals surface area (Å²) >= 11 is 1.77. The van der Waals surface area contributed by atoms with Gasteiger partial charge in [-0.05, 0) is 79.8 Å². The molecule has 1 aliphatic rings. The predicted octanol–water partition coefficient (Wildman–Crippen LogP) is 5.47. The molecule has 2 aromatic carbocycles. The Hall–Kier alpha value is -2.17. The molecular formula is C23H26N2OS. The molecule has 0 atom stereocenters. The fraction of sp³-hybridized carbons (Fsp3) is 0.348. The highest BCUT2D eigenvalue weighted by Crippen LogP contribution is 2.37. The second-order valence-electron chi connectivity index (χ2n) is 7.23. The maximum Gasteiger partial charge on any atom is 0.123 e. The number of rotatable bonds is 5. The Bertz CT molecular complexity index is 928. The molecule has 0 radical (unpaired) electrons. The van der Waals surface area contributed by atoms with Crippen molar-refractivity contribution in [1.82, 2.24) is 10.3 Å². The lowest BCUT2D eigenvalue weighted by Crippen LogP contribution is -2.24. The summed E-state index contributed by atoms with van der Waals surface area (Å²) in [6, 6.07) is 12.8. The molecule has 1 aromatic heterocycles. The summed E-state index contributed by atoms with van der Waals surface area (Å²) in [5.41, 5.74) is 6.97. The highest BCUT2D eigenvalue weighted by molar-refractivity contribution is 7.18. The van der Waals surface area contributed by atoms with Crippen molar-refractivity contribution < 1.29 is 4.74 Å². The summed E-state index contributed by atoms with van der Waals surface area (Å²) in [6.45, 7) is 8.40. The van der Waals surface area contributed by atoms with Crippen LogP contribution in [0, 0.1) is 0 Å². The number of benzene rings is 2. The number of hydrogen-bond acceptors (Lipinski definition) is 4. The molecule has 0 unspecified atom stereocenters. The van der Waals surface area contributed by atoms with E-state index < -0.39 is 0 Å². The van der Waals surface area contributed by atoms with Gasteiger partial charge in [0.15, 0.2) is 0 Å². The quantitative estimate of drug-likeness (QED) is 0.639. The van der Waals surface area contributed by atoms with E-state index in [9.17, 15) is 0 Å². The average Bonchev–Trinajstić information content (AvgIpc) is 3.17. The third-order valence-electron chi connectivity index (χ3n) is 4.99. The van der Waals surface area contributed by atoms with Crippen molar-refractivity contribution in [1.29, 1.82) is 0 Å². The topological polar surface area (TPSA) is 34.1 Å². The molecule has 4 rings (SSSR count). The number of aromatic nitrogens is 1. The van der Waals surface area contributed by atoms with Gasteiger partial charge < -0.3 is 10.1 Å². The summed E-state index contributed by atoms with van der Waals surface area (Å²) in [6.07, 6.45) is 4.40. The fourth-order valence-electron chi connectivity index (χ4n) is 3.77. The van der Waals surface area contributed by atoms with E-state index in [-0.39, 0.29) is 6.10 Å². The maximum atomic E-state index is 5.74. The van der Waals surface area contributed by atoms with E-state index in [1.54, 1.807) is 16.9 Å². The lowest BCUT2D eigenvalue weighted by molar-refractivity contribution is 0.242. The Labute approximate surface area is 165 Å². The fourth-order valence-corrected chi connectivity index (χ4v) is 4.74. The molecule has 2 heterocycles. The first-order chi connectivity index (χ1) is 13.2. The summed E-state index contributed by atoms with van der Waals surface area (Å²) < 4.78 is 5.74. The number of hydrogen-bond donors (Lipinski definition) is 1. The molecule has 3 nitrogen and oxygen atoms in total. The van der Waals surface area contributed by atoms with E-state index in [0.717, 1.165) is 42.3 Å². The van der Waals surface area contributed by atoms with Gasteiger partial charge in [-0.1, -0.05) is 19.1 Å². The lowest BCUT2D eigenvalue weighted by atomic mass is 9.90. The van der Waals surface area contributed by atoms with Gasteiger partial charge in [0.25, 0.3) is 0 Å². The predicted molar refractivity (Wildman–Crippen MR) is 114 cm³/mol. The SMILES string of the molecule is CCc1c(-c2cnc(-c3ccc(OC(C)C)cc3)s2)ccc2c1CCNC2. The number of fused-ring (bicyclic) bond motifs is 1. The smallest absolute Gasteiger partial charge is 0.123 e. The molecule has 0 saturated carbocycles. The summed E-state index contributed by atoms with van der Waals surface area (Å²) in [5, 5.41) is 4.53. The van der Waals surface area contributed by atoms with E-state index in [0.29, 0.717) is 0 Å². The lowest BCUT2D eigenvalue weighted by Gasteiger charge is -2.22. The molecule has 1 N–H and O–H groups in total. The van der Waals surface area contributed by atoms with Crippen LogP contribution in [-0.2, 0) is 19.4 Å². The van der Waals surface area contributed by atoms with Crippen LogP contribution in [0.1, 0.15) is 37.5 Å². The van der Waals surface area contributed by atoms with Crippen molar-refractivity contribution in [3.8, 4) is 26.8 Å². The minimum Gasteiger partial charge on any atom is -0.491 e. The molecule has 0 fully saturated rings. The standard InChI is InChI=1S/C23H26N2OS/c1-4-19-20-11-12-24-13-17(20)7-10-21(19)22-14-25-23(27-22)16-5-8-18(9-6-16)26-15(2)3/h5-10,14-15,24H,4,11-13H2,1-3H3. The molecule has 0 spiro atoms. The highest BCUT2D eigenvalue weighted by atomic mass is 32.1. The van der Waals surface area contributed by atoms with Crippen LogP contribution in [0.15, 0.2) is 42.6 Å². The number of nitrogens with zero attached hydrogens (tertiary/aromatic N) is 1. The van der Waals surface area contributed by atoms with Crippen molar-refractivity contribution in [3.05, 3.63) is 59.3 Å². The largest absolute Gasteiger partial charge is 0.491 e. The van der Waals surface area contributed by atoms with Crippen LogP contribution in [0.5, 0.6) is 5.75 Å².